The largest absolute Gasteiger partial charge is 0.479 e. The SMILES string of the molecule is CCCC1CC(=O)N(CC2CCC(C(=O)O)O2)C1. The van der Waals surface area contributed by atoms with E-state index >= 15 is 0 Å². The highest BCUT2D eigenvalue weighted by molar-refractivity contribution is 5.78. The maximum absolute atomic E-state index is 11.8. The van der Waals surface area contributed by atoms with Gasteiger partial charge in [0.1, 0.15) is 0 Å². The predicted octanol–water partition coefficient (Wildman–Crippen LogP) is 1.27. The summed E-state index contributed by atoms with van der Waals surface area (Å²) < 4.78 is 5.43. The van der Waals surface area contributed by atoms with Gasteiger partial charge in [-0.2, -0.15) is 0 Å². The molecule has 2 fully saturated rings. The van der Waals surface area contributed by atoms with Gasteiger partial charge in [0.2, 0.25) is 5.91 Å². The van der Waals surface area contributed by atoms with E-state index in [2.05, 4.69) is 6.92 Å². The van der Waals surface area contributed by atoms with Crippen LogP contribution in [0.2, 0.25) is 0 Å². The number of carbonyl (C=O) groups excluding carboxylic acids is 1. The molecule has 102 valence electrons. The van der Waals surface area contributed by atoms with Crippen molar-refractivity contribution in [1.29, 1.82) is 0 Å². The van der Waals surface area contributed by atoms with Crippen molar-refractivity contribution in [2.24, 2.45) is 5.92 Å². The van der Waals surface area contributed by atoms with Crippen molar-refractivity contribution in [3.05, 3.63) is 0 Å². The normalized spacial score (nSPS) is 32.2. The van der Waals surface area contributed by atoms with Crippen LogP contribution in [0.4, 0.5) is 0 Å². The molecular formula is C13H21NO4. The van der Waals surface area contributed by atoms with Crippen LogP contribution in [0.25, 0.3) is 0 Å². The number of aliphatic carboxylic acids is 1. The molecule has 0 bridgehead atoms. The Morgan fingerprint density at radius 3 is 2.89 bits per heavy atom. The molecule has 0 aromatic heterocycles. The van der Waals surface area contributed by atoms with Crippen molar-refractivity contribution in [3.8, 4) is 0 Å². The molecule has 2 aliphatic rings. The Labute approximate surface area is 107 Å². The summed E-state index contributed by atoms with van der Waals surface area (Å²) in [5, 5.41) is 8.85. The molecule has 5 nitrogen and oxygen atoms in total. The van der Waals surface area contributed by atoms with Crippen molar-refractivity contribution in [3.63, 3.8) is 0 Å². The van der Waals surface area contributed by atoms with Gasteiger partial charge in [-0.3, -0.25) is 4.79 Å². The minimum absolute atomic E-state index is 0.101. The fourth-order valence-corrected chi connectivity index (χ4v) is 2.90. The van der Waals surface area contributed by atoms with E-state index in [-0.39, 0.29) is 12.0 Å². The Morgan fingerprint density at radius 2 is 2.28 bits per heavy atom. The quantitative estimate of drug-likeness (QED) is 0.803. The van der Waals surface area contributed by atoms with E-state index < -0.39 is 12.1 Å². The second kappa shape index (κ2) is 5.69. The smallest absolute Gasteiger partial charge is 0.332 e. The van der Waals surface area contributed by atoms with Crippen molar-refractivity contribution < 1.29 is 19.4 Å². The van der Waals surface area contributed by atoms with Crippen LogP contribution in [-0.2, 0) is 14.3 Å². The number of rotatable bonds is 5. The number of likely N-dealkylation sites (tertiary alicyclic amines) is 1. The van der Waals surface area contributed by atoms with Gasteiger partial charge in [0.15, 0.2) is 6.10 Å². The number of hydrogen-bond donors (Lipinski definition) is 1. The Bertz CT molecular complexity index is 331. The number of hydrogen-bond acceptors (Lipinski definition) is 3. The molecule has 0 radical (unpaired) electrons. The molecule has 2 aliphatic heterocycles. The van der Waals surface area contributed by atoms with Crippen molar-refractivity contribution in [2.75, 3.05) is 13.1 Å². The zero-order chi connectivity index (χ0) is 13.1. The predicted molar refractivity (Wildman–Crippen MR) is 65.1 cm³/mol. The van der Waals surface area contributed by atoms with Gasteiger partial charge in [-0.15, -0.1) is 0 Å². The average molecular weight is 255 g/mol. The summed E-state index contributed by atoms with van der Waals surface area (Å²) in [6.07, 6.45) is 3.34. The lowest BCUT2D eigenvalue weighted by Crippen LogP contribution is -2.34. The summed E-state index contributed by atoms with van der Waals surface area (Å²) in [6.45, 7) is 3.50. The first kappa shape index (κ1) is 13.3. The van der Waals surface area contributed by atoms with Crippen LogP contribution in [0.1, 0.15) is 39.0 Å². The molecule has 0 aromatic rings. The first-order valence-electron chi connectivity index (χ1n) is 6.76. The van der Waals surface area contributed by atoms with Gasteiger partial charge in [0, 0.05) is 19.5 Å². The summed E-state index contributed by atoms with van der Waals surface area (Å²) in [4.78, 5) is 24.4. The molecule has 1 amide bonds. The van der Waals surface area contributed by atoms with Gasteiger partial charge in [-0.25, -0.2) is 4.79 Å². The third-order valence-electron chi connectivity index (χ3n) is 3.80. The second-order valence-corrected chi connectivity index (χ2v) is 5.32. The van der Waals surface area contributed by atoms with Crippen LogP contribution >= 0.6 is 0 Å². The highest BCUT2D eigenvalue weighted by Gasteiger charge is 2.35. The molecule has 5 heteroatoms. The standard InChI is InChI=1S/C13H21NO4/c1-2-3-9-6-12(15)14(7-9)8-10-4-5-11(18-10)13(16)17/h9-11H,2-8H2,1H3,(H,16,17). The monoisotopic (exact) mass is 255 g/mol. The van der Waals surface area contributed by atoms with Crippen molar-refractivity contribution in [1.82, 2.24) is 4.90 Å². The Morgan fingerprint density at radius 1 is 1.50 bits per heavy atom. The first-order valence-corrected chi connectivity index (χ1v) is 6.76. The van der Waals surface area contributed by atoms with Gasteiger partial charge < -0.3 is 14.7 Å². The molecule has 3 atom stereocenters. The fourth-order valence-electron chi connectivity index (χ4n) is 2.90. The second-order valence-electron chi connectivity index (χ2n) is 5.32. The maximum Gasteiger partial charge on any atom is 0.332 e. The van der Waals surface area contributed by atoms with E-state index in [0.717, 1.165) is 25.8 Å². The summed E-state index contributed by atoms with van der Waals surface area (Å²) in [5.41, 5.74) is 0. The molecule has 0 aliphatic carbocycles. The lowest BCUT2D eigenvalue weighted by molar-refractivity contribution is -0.149. The number of carboxylic acids is 1. The third-order valence-corrected chi connectivity index (χ3v) is 3.80. The topological polar surface area (TPSA) is 66.8 Å². The van der Waals surface area contributed by atoms with Crippen LogP contribution in [0.15, 0.2) is 0 Å². The molecule has 0 aromatic carbocycles. The van der Waals surface area contributed by atoms with Gasteiger partial charge in [-0.05, 0) is 25.2 Å². The van der Waals surface area contributed by atoms with E-state index in [4.69, 9.17) is 9.84 Å². The molecule has 1 N–H and O–H groups in total. The maximum atomic E-state index is 11.8. The van der Waals surface area contributed by atoms with Gasteiger partial charge in [-0.1, -0.05) is 13.3 Å². The summed E-state index contributed by atoms with van der Waals surface area (Å²) in [6, 6.07) is 0. The minimum Gasteiger partial charge on any atom is -0.479 e. The zero-order valence-corrected chi connectivity index (χ0v) is 10.8. The number of nitrogens with zero attached hydrogens (tertiary/aromatic N) is 1. The van der Waals surface area contributed by atoms with E-state index in [9.17, 15) is 9.59 Å². The van der Waals surface area contributed by atoms with Crippen LogP contribution in [0.3, 0.4) is 0 Å². The van der Waals surface area contributed by atoms with Gasteiger partial charge >= 0.3 is 5.97 Å². The fraction of sp³-hybridized carbons (Fsp3) is 0.846. The Kier molecular flexibility index (Phi) is 4.22. The molecule has 2 saturated heterocycles. The third kappa shape index (κ3) is 3.02. The lowest BCUT2D eigenvalue weighted by Gasteiger charge is -2.21. The number of carboxylic acid groups (broad SMARTS) is 1. The first-order chi connectivity index (χ1) is 8.60. The summed E-state index contributed by atoms with van der Waals surface area (Å²) >= 11 is 0. The van der Waals surface area contributed by atoms with E-state index in [0.29, 0.717) is 25.3 Å². The molecule has 2 heterocycles. The molecule has 18 heavy (non-hydrogen) atoms. The molecule has 0 spiro atoms. The number of ether oxygens (including phenoxy) is 1. The lowest BCUT2D eigenvalue weighted by atomic mass is 10.0. The van der Waals surface area contributed by atoms with E-state index in [1.807, 2.05) is 4.90 Å². The molecule has 0 saturated carbocycles. The van der Waals surface area contributed by atoms with Crippen molar-refractivity contribution >= 4 is 11.9 Å². The molecular weight excluding hydrogens is 234 g/mol. The summed E-state index contributed by atoms with van der Waals surface area (Å²) in [7, 11) is 0. The van der Waals surface area contributed by atoms with Crippen LogP contribution in [0, 0.1) is 5.92 Å². The van der Waals surface area contributed by atoms with Crippen LogP contribution in [0.5, 0.6) is 0 Å². The van der Waals surface area contributed by atoms with E-state index in [1.165, 1.54) is 0 Å². The van der Waals surface area contributed by atoms with Crippen LogP contribution < -0.4 is 0 Å². The van der Waals surface area contributed by atoms with Gasteiger partial charge in [0.25, 0.3) is 0 Å². The number of amides is 1. The Balaban J connectivity index is 1.80. The highest BCUT2D eigenvalue weighted by Crippen LogP contribution is 2.26. The summed E-state index contributed by atoms with van der Waals surface area (Å²) in [5.74, 6) is -0.232. The minimum atomic E-state index is -0.894. The molecule has 2 rings (SSSR count). The Hall–Kier alpha value is -1.10. The van der Waals surface area contributed by atoms with Crippen molar-refractivity contribution in [2.45, 2.75) is 51.2 Å². The van der Waals surface area contributed by atoms with E-state index in [1.54, 1.807) is 0 Å². The number of carbonyl (C=O) groups is 2. The average Bonchev–Trinajstić information content (AvgIpc) is 2.88. The molecule has 3 unspecified atom stereocenters. The van der Waals surface area contributed by atoms with Gasteiger partial charge in [0.05, 0.1) is 6.10 Å². The zero-order valence-electron chi connectivity index (χ0n) is 10.8. The van der Waals surface area contributed by atoms with Crippen LogP contribution in [-0.4, -0.2) is 47.2 Å². The highest BCUT2D eigenvalue weighted by atomic mass is 16.5.